The van der Waals surface area contributed by atoms with Gasteiger partial charge >= 0.3 is 6.03 Å². The zero-order valence-electron chi connectivity index (χ0n) is 11.3. The number of aliphatic hydroxyl groups excluding tert-OH is 1. The van der Waals surface area contributed by atoms with Gasteiger partial charge < -0.3 is 15.7 Å². The predicted octanol–water partition coefficient (Wildman–Crippen LogP) is 1.63. The molecule has 1 rings (SSSR count). The van der Waals surface area contributed by atoms with Crippen molar-refractivity contribution in [3.8, 4) is 0 Å². The fourth-order valence-electron chi connectivity index (χ4n) is 1.63. The van der Waals surface area contributed by atoms with Crippen LogP contribution in [0.1, 0.15) is 25.5 Å². The highest BCUT2D eigenvalue weighted by atomic mass is 32.2. The van der Waals surface area contributed by atoms with E-state index >= 15 is 0 Å². The molecule has 0 bridgehead atoms. The van der Waals surface area contributed by atoms with Gasteiger partial charge in [-0.1, -0.05) is 12.1 Å². The predicted molar refractivity (Wildman–Crippen MR) is 77.6 cm³/mol. The maximum atomic E-state index is 11.7. The van der Waals surface area contributed by atoms with Crippen LogP contribution in [0.4, 0.5) is 10.5 Å². The smallest absolute Gasteiger partial charge is 0.319 e. The minimum Gasteiger partial charge on any atom is -0.389 e. The summed E-state index contributed by atoms with van der Waals surface area (Å²) in [6, 6.07) is 6.48. The van der Waals surface area contributed by atoms with E-state index in [0.29, 0.717) is 11.4 Å². The molecular formula is C13H20N2O3S. The van der Waals surface area contributed by atoms with Crippen LogP contribution in [0.3, 0.4) is 0 Å². The number of benzene rings is 1. The lowest BCUT2D eigenvalue weighted by Crippen LogP contribution is -2.39. The van der Waals surface area contributed by atoms with Crippen LogP contribution in [0.2, 0.25) is 0 Å². The van der Waals surface area contributed by atoms with Crippen LogP contribution in [0, 0.1) is 0 Å². The summed E-state index contributed by atoms with van der Waals surface area (Å²) in [7, 11) is -0.937. The number of amides is 2. The van der Waals surface area contributed by atoms with Gasteiger partial charge in [-0.2, -0.15) is 0 Å². The normalized spacial score (nSPS) is 15.4. The summed E-state index contributed by atoms with van der Waals surface area (Å²) in [5, 5.41) is 14.8. The lowest BCUT2D eigenvalue weighted by Gasteiger charge is -2.13. The van der Waals surface area contributed by atoms with Crippen molar-refractivity contribution in [2.45, 2.75) is 26.0 Å². The Labute approximate surface area is 115 Å². The van der Waals surface area contributed by atoms with Crippen molar-refractivity contribution in [1.82, 2.24) is 5.32 Å². The van der Waals surface area contributed by atoms with Gasteiger partial charge in [-0.15, -0.1) is 0 Å². The molecule has 0 aliphatic rings. The second-order valence-corrected chi connectivity index (χ2v) is 6.02. The SMILES string of the molecule is CC(CS(C)=O)NC(=O)Nc1ccc(C(C)O)cc1. The molecule has 0 aliphatic heterocycles. The van der Waals surface area contributed by atoms with E-state index in [4.69, 9.17) is 0 Å². The van der Waals surface area contributed by atoms with E-state index in [9.17, 15) is 14.1 Å². The molecule has 3 unspecified atom stereocenters. The summed E-state index contributed by atoms with van der Waals surface area (Å²) in [6.45, 7) is 3.49. The second-order valence-electron chi connectivity index (χ2n) is 4.54. The summed E-state index contributed by atoms with van der Waals surface area (Å²) in [5.41, 5.74) is 1.44. The third-order valence-electron chi connectivity index (χ3n) is 2.51. The second kappa shape index (κ2) is 7.25. The number of nitrogens with one attached hydrogen (secondary N) is 2. The van der Waals surface area contributed by atoms with E-state index < -0.39 is 16.9 Å². The minimum atomic E-state index is -0.937. The molecule has 3 N–H and O–H groups in total. The Morgan fingerprint density at radius 3 is 2.37 bits per heavy atom. The topological polar surface area (TPSA) is 78.4 Å². The van der Waals surface area contributed by atoms with E-state index in [1.54, 1.807) is 44.4 Å². The van der Waals surface area contributed by atoms with Crippen molar-refractivity contribution in [1.29, 1.82) is 0 Å². The number of aliphatic hydroxyl groups is 1. The lowest BCUT2D eigenvalue weighted by molar-refractivity contribution is 0.199. The van der Waals surface area contributed by atoms with Crippen LogP contribution in [0.15, 0.2) is 24.3 Å². The molecule has 19 heavy (non-hydrogen) atoms. The first-order valence-corrected chi connectivity index (χ1v) is 7.76. The largest absolute Gasteiger partial charge is 0.389 e. The minimum absolute atomic E-state index is 0.150. The summed E-state index contributed by atoms with van der Waals surface area (Å²) in [5.74, 6) is 0.425. The van der Waals surface area contributed by atoms with E-state index in [1.807, 2.05) is 0 Å². The summed E-state index contributed by atoms with van der Waals surface area (Å²) in [6.07, 6.45) is 1.08. The van der Waals surface area contributed by atoms with E-state index in [-0.39, 0.29) is 12.1 Å². The highest BCUT2D eigenvalue weighted by Gasteiger charge is 2.09. The molecule has 0 fully saturated rings. The van der Waals surface area contributed by atoms with Crippen LogP contribution in [-0.2, 0) is 10.8 Å². The highest BCUT2D eigenvalue weighted by molar-refractivity contribution is 7.84. The molecule has 0 saturated heterocycles. The van der Waals surface area contributed by atoms with Gasteiger partial charge in [-0.25, -0.2) is 4.79 Å². The maximum Gasteiger partial charge on any atom is 0.319 e. The monoisotopic (exact) mass is 284 g/mol. The zero-order valence-corrected chi connectivity index (χ0v) is 12.2. The Morgan fingerprint density at radius 2 is 1.89 bits per heavy atom. The van der Waals surface area contributed by atoms with Crippen LogP contribution in [0.25, 0.3) is 0 Å². The van der Waals surface area contributed by atoms with Gasteiger partial charge in [0.25, 0.3) is 0 Å². The molecule has 1 aromatic carbocycles. The van der Waals surface area contributed by atoms with E-state index in [1.165, 1.54) is 0 Å². The van der Waals surface area contributed by atoms with E-state index in [2.05, 4.69) is 10.6 Å². The lowest BCUT2D eigenvalue weighted by atomic mass is 10.1. The standard InChI is InChI=1S/C13H20N2O3S/c1-9(8-19(3)18)14-13(17)15-12-6-4-11(5-7-12)10(2)16/h4-7,9-10,16H,8H2,1-3H3,(H2,14,15,17). The maximum absolute atomic E-state index is 11.7. The Morgan fingerprint density at radius 1 is 1.32 bits per heavy atom. The number of carbonyl (C=O) groups excluding carboxylic acids is 1. The highest BCUT2D eigenvalue weighted by Crippen LogP contribution is 2.15. The molecule has 3 atom stereocenters. The first-order chi connectivity index (χ1) is 8.88. The molecule has 0 spiro atoms. The number of rotatable bonds is 5. The molecule has 6 heteroatoms. The van der Waals surface area contributed by atoms with Gasteiger partial charge in [0.2, 0.25) is 0 Å². The van der Waals surface area contributed by atoms with Crippen LogP contribution >= 0.6 is 0 Å². The molecule has 1 aromatic rings. The number of hydrogen-bond donors (Lipinski definition) is 3. The van der Waals surface area contributed by atoms with Crippen molar-refractivity contribution in [2.24, 2.45) is 0 Å². The van der Waals surface area contributed by atoms with Gasteiger partial charge in [-0.3, -0.25) is 4.21 Å². The molecule has 5 nitrogen and oxygen atoms in total. The fraction of sp³-hybridized carbons (Fsp3) is 0.462. The molecule has 0 saturated carbocycles. The summed E-state index contributed by atoms with van der Waals surface area (Å²) < 4.78 is 11.0. The molecule has 106 valence electrons. The quantitative estimate of drug-likeness (QED) is 0.769. The summed E-state index contributed by atoms with van der Waals surface area (Å²) >= 11 is 0. The zero-order chi connectivity index (χ0) is 14.4. The third-order valence-corrected chi connectivity index (χ3v) is 3.48. The van der Waals surface area contributed by atoms with Crippen molar-refractivity contribution in [2.75, 3.05) is 17.3 Å². The Hall–Kier alpha value is -1.40. The third kappa shape index (κ3) is 5.85. The number of anilines is 1. The molecule has 0 aromatic heterocycles. The van der Waals surface area contributed by atoms with Crippen molar-refractivity contribution in [3.63, 3.8) is 0 Å². The Balaban J connectivity index is 2.50. The first-order valence-electron chi connectivity index (χ1n) is 6.04. The van der Waals surface area contributed by atoms with Gasteiger partial charge in [0.1, 0.15) is 0 Å². The van der Waals surface area contributed by atoms with Gasteiger partial charge in [0, 0.05) is 34.5 Å². The molecule has 0 radical (unpaired) electrons. The van der Waals surface area contributed by atoms with Gasteiger partial charge in [-0.05, 0) is 31.5 Å². The molecular weight excluding hydrogens is 264 g/mol. The Bertz CT molecular complexity index is 446. The number of urea groups is 1. The average molecular weight is 284 g/mol. The van der Waals surface area contributed by atoms with Gasteiger partial charge in [0.05, 0.1) is 6.10 Å². The van der Waals surface area contributed by atoms with Gasteiger partial charge in [0.15, 0.2) is 0 Å². The van der Waals surface area contributed by atoms with E-state index in [0.717, 1.165) is 5.56 Å². The molecule has 2 amide bonds. The number of hydrogen-bond acceptors (Lipinski definition) is 3. The Kier molecular flexibility index (Phi) is 5.98. The number of carbonyl (C=O) groups is 1. The van der Waals surface area contributed by atoms with Crippen LogP contribution < -0.4 is 10.6 Å². The molecule has 0 aliphatic carbocycles. The van der Waals surface area contributed by atoms with Crippen LogP contribution in [0.5, 0.6) is 0 Å². The fourth-order valence-corrected chi connectivity index (χ4v) is 2.42. The van der Waals surface area contributed by atoms with Crippen molar-refractivity contribution < 1.29 is 14.1 Å². The van der Waals surface area contributed by atoms with Crippen molar-refractivity contribution >= 4 is 22.5 Å². The summed E-state index contributed by atoms with van der Waals surface area (Å²) in [4.78, 5) is 11.7. The molecule has 0 heterocycles. The first kappa shape index (κ1) is 15.7. The van der Waals surface area contributed by atoms with Crippen molar-refractivity contribution in [3.05, 3.63) is 29.8 Å². The van der Waals surface area contributed by atoms with Crippen LogP contribution in [-0.4, -0.2) is 33.4 Å². The average Bonchev–Trinajstić information content (AvgIpc) is 2.27.